The van der Waals surface area contributed by atoms with Gasteiger partial charge >= 0.3 is 0 Å². The van der Waals surface area contributed by atoms with Crippen LogP contribution >= 0.6 is 0 Å². The molecule has 0 aromatic carbocycles. The molecular formula is C10H23NO. The van der Waals surface area contributed by atoms with E-state index < -0.39 is 0 Å². The van der Waals surface area contributed by atoms with Crippen molar-refractivity contribution >= 4 is 0 Å². The Hall–Kier alpha value is -0.0800. The lowest BCUT2D eigenvalue weighted by atomic mass is 9.99. The maximum atomic E-state index is 9.45. The van der Waals surface area contributed by atoms with Crippen LogP contribution in [0.25, 0.3) is 0 Å². The molecule has 74 valence electrons. The van der Waals surface area contributed by atoms with Crippen LogP contribution in [0.5, 0.6) is 0 Å². The van der Waals surface area contributed by atoms with Gasteiger partial charge in [0.25, 0.3) is 0 Å². The Balaban J connectivity index is 3.93. The molecule has 0 saturated heterocycles. The monoisotopic (exact) mass is 173 g/mol. The maximum Gasteiger partial charge on any atom is 0.0664 e. The average Bonchev–Trinajstić information content (AvgIpc) is 2.04. The highest BCUT2D eigenvalue weighted by molar-refractivity contribution is 4.78. The number of rotatable bonds is 5. The minimum atomic E-state index is -0.180. The first-order valence-electron chi connectivity index (χ1n) is 4.83. The molecule has 0 spiro atoms. The molecule has 0 aliphatic carbocycles. The number of nitrogens with zero attached hydrogens (tertiary/aromatic N) is 1. The predicted octanol–water partition coefficient (Wildman–Crippen LogP) is 1.88. The van der Waals surface area contributed by atoms with E-state index in [0.29, 0.717) is 0 Å². The van der Waals surface area contributed by atoms with Gasteiger partial charge in [-0.2, -0.15) is 0 Å². The molecule has 0 heterocycles. The molecule has 2 heteroatoms. The summed E-state index contributed by atoms with van der Waals surface area (Å²) >= 11 is 0. The van der Waals surface area contributed by atoms with Crippen LogP contribution < -0.4 is 0 Å². The van der Waals surface area contributed by atoms with Crippen molar-refractivity contribution < 1.29 is 5.11 Å². The third kappa shape index (κ3) is 3.55. The minimum absolute atomic E-state index is 0.180. The first kappa shape index (κ1) is 11.9. The highest BCUT2D eigenvalue weighted by Crippen LogP contribution is 2.16. The molecule has 0 amide bonds. The van der Waals surface area contributed by atoms with Crippen molar-refractivity contribution in [3.63, 3.8) is 0 Å². The normalized spacial score (nSPS) is 15.2. The standard InChI is InChI=1S/C10H23NO/c1-6-9(12)8-11(5)10(3,4)7-2/h9,12H,6-8H2,1-5H3. The molecule has 1 unspecified atom stereocenters. The van der Waals surface area contributed by atoms with Gasteiger partial charge in [-0.15, -0.1) is 0 Å². The van der Waals surface area contributed by atoms with Crippen molar-refractivity contribution in [2.24, 2.45) is 0 Å². The largest absolute Gasteiger partial charge is 0.392 e. The van der Waals surface area contributed by atoms with E-state index in [1.165, 1.54) is 0 Å². The Morgan fingerprint density at radius 3 is 2.17 bits per heavy atom. The second kappa shape index (κ2) is 4.83. The van der Waals surface area contributed by atoms with Gasteiger partial charge in [0.15, 0.2) is 0 Å². The average molecular weight is 173 g/mol. The minimum Gasteiger partial charge on any atom is -0.392 e. The molecule has 0 rings (SSSR count). The van der Waals surface area contributed by atoms with E-state index in [1.54, 1.807) is 0 Å². The second-order valence-electron chi connectivity index (χ2n) is 4.11. The van der Waals surface area contributed by atoms with Gasteiger partial charge in [0.05, 0.1) is 6.10 Å². The van der Waals surface area contributed by atoms with Crippen LogP contribution in [0.15, 0.2) is 0 Å². The van der Waals surface area contributed by atoms with Gasteiger partial charge in [-0.05, 0) is 33.7 Å². The SMILES string of the molecule is CCC(O)CN(C)C(C)(C)CC. The molecule has 0 aromatic rings. The quantitative estimate of drug-likeness (QED) is 0.686. The fourth-order valence-electron chi connectivity index (χ4n) is 0.962. The van der Waals surface area contributed by atoms with Crippen molar-refractivity contribution in [1.29, 1.82) is 0 Å². The van der Waals surface area contributed by atoms with E-state index in [-0.39, 0.29) is 11.6 Å². The fourth-order valence-corrected chi connectivity index (χ4v) is 0.962. The number of likely N-dealkylation sites (N-methyl/N-ethyl adjacent to an activating group) is 1. The molecule has 0 aliphatic rings. The highest BCUT2D eigenvalue weighted by Gasteiger charge is 2.22. The predicted molar refractivity (Wildman–Crippen MR) is 53.3 cm³/mol. The van der Waals surface area contributed by atoms with E-state index in [9.17, 15) is 5.11 Å². The zero-order valence-electron chi connectivity index (χ0n) is 9.09. The van der Waals surface area contributed by atoms with Gasteiger partial charge in [-0.3, -0.25) is 4.90 Å². The second-order valence-corrected chi connectivity index (χ2v) is 4.11. The van der Waals surface area contributed by atoms with Crippen LogP contribution in [-0.2, 0) is 0 Å². The Kier molecular flexibility index (Phi) is 4.80. The number of hydrogen-bond donors (Lipinski definition) is 1. The Bertz CT molecular complexity index is 123. The smallest absolute Gasteiger partial charge is 0.0664 e. The summed E-state index contributed by atoms with van der Waals surface area (Å²) in [5.41, 5.74) is 0.205. The molecule has 0 saturated carbocycles. The van der Waals surface area contributed by atoms with Crippen LogP contribution in [-0.4, -0.2) is 35.2 Å². The zero-order valence-corrected chi connectivity index (χ0v) is 9.09. The summed E-state index contributed by atoms with van der Waals surface area (Å²) in [5.74, 6) is 0. The van der Waals surface area contributed by atoms with Gasteiger partial charge in [0.2, 0.25) is 0 Å². The van der Waals surface area contributed by atoms with E-state index in [4.69, 9.17) is 0 Å². The van der Waals surface area contributed by atoms with Gasteiger partial charge in [0, 0.05) is 12.1 Å². The Labute approximate surface area is 76.6 Å². The lowest BCUT2D eigenvalue weighted by Crippen LogP contribution is -2.44. The van der Waals surface area contributed by atoms with Crippen LogP contribution in [0.3, 0.4) is 0 Å². The fraction of sp³-hybridized carbons (Fsp3) is 1.00. The Morgan fingerprint density at radius 1 is 1.33 bits per heavy atom. The van der Waals surface area contributed by atoms with E-state index in [1.807, 2.05) is 6.92 Å². The first-order valence-corrected chi connectivity index (χ1v) is 4.83. The van der Waals surface area contributed by atoms with Gasteiger partial charge in [0.1, 0.15) is 0 Å². The van der Waals surface area contributed by atoms with Gasteiger partial charge < -0.3 is 5.11 Å². The molecule has 0 bridgehead atoms. The van der Waals surface area contributed by atoms with E-state index >= 15 is 0 Å². The van der Waals surface area contributed by atoms with E-state index in [2.05, 4.69) is 32.7 Å². The molecule has 0 aliphatic heterocycles. The summed E-state index contributed by atoms with van der Waals surface area (Å²) in [6.45, 7) is 9.37. The molecule has 0 fully saturated rings. The number of β-amino-alcohol motifs (C(OH)–C–C–N with tert-alkyl or cyclic N) is 1. The number of hydrogen-bond acceptors (Lipinski definition) is 2. The topological polar surface area (TPSA) is 23.5 Å². The molecule has 0 aromatic heterocycles. The third-order valence-corrected chi connectivity index (χ3v) is 2.85. The number of aliphatic hydroxyl groups is 1. The van der Waals surface area contributed by atoms with Crippen molar-refractivity contribution in [3.05, 3.63) is 0 Å². The molecule has 2 nitrogen and oxygen atoms in total. The van der Waals surface area contributed by atoms with Crippen molar-refractivity contribution in [1.82, 2.24) is 4.90 Å². The molecule has 0 radical (unpaired) electrons. The van der Waals surface area contributed by atoms with Gasteiger partial charge in [-0.1, -0.05) is 13.8 Å². The summed E-state index contributed by atoms with van der Waals surface area (Å²) in [7, 11) is 2.07. The highest BCUT2D eigenvalue weighted by atomic mass is 16.3. The summed E-state index contributed by atoms with van der Waals surface area (Å²) in [4.78, 5) is 2.22. The first-order chi connectivity index (χ1) is 5.44. The molecule has 12 heavy (non-hydrogen) atoms. The molecule has 1 atom stereocenters. The summed E-state index contributed by atoms with van der Waals surface area (Å²) in [5, 5.41) is 9.45. The van der Waals surface area contributed by atoms with Crippen LogP contribution in [0.1, 0.15) is 40.5 Å². The van der Waals surface area contributed by atoms with Gasteiger partial charge in [-0.25, -0.2) is 0 Å². The van der Waals surface area contributed by atoms with Crippen LogP contribution in [0.4, 0.5) is 0 Å². The summed E-state index contributed by atoms with van der Waals surface area (Å²) in [6.07, 6.45) is 1.77. The molecular weight excluding hydrogens is 150 g/mol. The zero-order chi connectivity index (χ0) is 9.78. The maximum absolute atomic E-state index is 9.45. The number of aliphatic hydroxyl groups excluding tert-OH is 1. The van der Waals surface area contributed by atoms with Crippen LogP contribution in [0, 0.1) is 0 Å². The third-order valence-electron chi connectivity index (χ3n) is 2.85. The van der Waals surface area contributed by atoms with Crippen molar-refractivity contribution in [3.8, 4) is 0 Å². The van der Waals surface area contributed by atoms with E-state index in [0.717, 1.165) is 19.4 Å². The lowest BCUT2D eigenvalue weighted by molar-refractivity contribution is 0.0670. The summed E-state index contributed by atoms with van der Waals surface area (Å²) in [6, 6.07) is 0. The van der Waals surface area contributed by atoms with Crippen LogP contribution in [0.2, 0.25) is 0 Å². The lowest BCUT2D eigenvalue weighted by Gasteiger charge is -2.35. The molecule has 1 N–H and O–H groups in total. The van der Waals surface area contributed by atoms with Crippen molar-refractivity contribution in [2.45, 2.75) is 52.2 Å². The van der Waals surface area contributed by atoms with Crippen molar-refractivity contribution in [2.75, 3.05) is 13.6 Å². The summed E-state index contributed by atoms with van der Waals surface area (Å²) < 4.78 is 0. The Morgan fingerprint density at radius 2 is 1.83 bits per heavy atom.